The maximum absolute atomic E-state index is 12.8. The molecule has 0 spiro atoms. The monoisotopic (exact) mass is 598 g/mol. The number of nitro benzene ring substituents is 1. The molecule has 1 aliphatic heterocycles. The summed E-state index contributed by atoms with van der Waals surface area (Å²) in [5.41, 5.74) is 4.81. The minimum Gasteiger partial charge on any atom is -0.490 e. The van der Waals surface area contributed by atoms with E-state index in [0.717, 1.165) is 5.69 Å². The van der Waals surface area contributed by atoms with Gasteiger partial charge in [-0.25, -0.2) is 10.2 Å². The van der Waals surface area contributed by atoms with Crippen LogP contribution in [0.2, 0.25) is 0 Å². The summed E-state index contributed by atoms with van der Waals surface area (Å²) in [6.45, 7) is 6.15. The van der Waals surface area contributed by atoms with Crippen molar-refractivity contribution in [2.24, 2.45) is 5.10 Å². The number of rotatable bonds is 11. The van der Waals surface area contributed by atoms with Crippen molar-refractivity contribution >= 4 is 41.4 Å². The van der Waals surface area contributed by atoms with Gasteiger partial charge in [0.2, 0.25) is 17.8 Å². The molecule has 4 aromatic rings. The Hall–Kier alpha value is -5.63. The summed E-state index contributed by atoms with van der Waals surface area (Å²) in [5.74, 6) is 0.948. The fourth-order valence-electron chi connectivity index (χ4n) is 4.29. The molecule has 0 saturated carbocycles. The lowest BCUT2D eigenvalue weighted by Gasteiger charge is -2.27. The smallest absolute Gasteiger partial charge is 0.343 e. The SMILES string of the molecule is CCOc1cc(/C=N/Nc2nc(Nc3ccccc3)nc(N3CCOCC3)n2)ccc1OC(=O)c1ccc([N+](=O)[O-])c(C)c1. The molecule has 0 unspecified atom stereocenters. The Morgan fingerprint density at radius 1 is 1.05 bits per heavy atom. The van der Waals surface area contributed by atoms with Crippen LogP contribution in [0.3, 0.4) is 0 Å². The molecule has 2 N–H and O–H groups in total. The summed E-state index contributed by atoms with van der Waals surface area (Å²) < 4.78 is 16.7. The van der Waals surface area contributed by atoms with Crippen molar-refractivity contribution in [1.29, 1.82) is 0 Å². The van der Waals surface area contributed by atoms with Crippen LogP contribution in [0, 0.1) is 17.0 Å². The molecule has 14 heteroatoms. The van der Waals surface area contributed by atoms with Crippen molar-refractivity contribution < 1.29 is 23.9 Å². The second-order valence-corrected chi connectivity index (χ2v) is 9.53. The van der Waals surface area contributed by atoms with Crippen LogP contribution in [0.4, 0.5) is 29.2 Å². The summed E-state index contributed by atoms with van der Waals surface area (Å²) in [6.07, 6.45) is 1.55. The molecule has 0 bridgehead atoms. The van der Waals surface area contributed by atoms with E-state index in [2.05, 4.69) is 30.8 Å². The summed E-state index contributed by atoms with van der Waals surface area (Å²) in [7, 11) is 0. The lowest BCUT2D eigenvalue weighted by Crippen LogP contribution is -2.37. The highest BCUT2D eigenvalue weighted by molar-refractivity contribution is 5.92. The number of carbonyl (C=O) groups excluding carboxylic acids is 1. The Balaban J connectivity index is 1.32. The summed E-state index contributed by atoms with van der Waals surface area (Å²) in [4.78, 5) is 39.0. The highest BCUT2D eigenvalue weighted by atomic mass is 16.6. The molecule has 2 heterocycles. The van der Waals surface area contributed by atoms with Crippen molar-refractivity contribution in [3.63, 3.8) is 0 Å². The largest absolute Gasteiger partial charge is 0.490 e. The van der Waals surface area contributed by atoms with Crippen LogP contribution in [0.5, 0.6) is 11.5 Å². The van der Waals surface area contributed by atoms with Gasteiger partial charge in [0, 0.05) is 30.4 Å². The van der Waals surface area contributed by atoms with E-state index >= 15 is 0 Å². The third-order valence-corrected chi connectivity index (χ3v) is 6.43. The lowest BCUT2D eigenvalue weighted by molar-refractivity contribution is -0.385. The molecular weight excluding hydrogens is 568 g/mol. The molecule has 0 aliphatic carbocycles. The lowest BCUT2D eigenvalue weighted by atomic mass is 10.1. The number of morpholine rings is 1. The highest BCUT2D eigenvalue weighted by Crippen LogP contribution is 2.29. The van der Waals surface area contributed by atoms with E-state index in [-0.39, 0.29) is 22.9 Å². The molecular formula is C30H30N8O6. The van der Waals surface area contributed by atoms with Crippen molar-refractivity contribution in [2.45, 2.75) is 13.8 Å². The molecule has 1 saturated heterocycles. The standard InChI is InChI=1S/C30H30N8O6/c1-3-43-26-18-21(9-12-25(26)44-27(39)22-10-11-24(38(40)41)20(2)17-22)19-31-36-29-33-28(32-23-7-5-4-6-8-23)34-30(35-29)37-13-15-42-16-14-37/h4-12,17-19H,3,13-16H2,1-2H3,(H2,32,33,34,35,36)/b31-19+. The van der Waals surface area contributed by atoms with Gasteiger partial charge in [-0.15, -0.1) is 0 Å². The van der Waals surface area contributed by atoms with Crippen LogP contribution in [-0.2, 0) is 4.74 Å². The number of hydrazone groups is 1. The van der Waals surface area contributed by atoms with Crippen LogP contribution in [-0.4, -0.2) is 65.0 Å². The first-order valence-electron chi connectivity index (χ1n) is 13.8. The number of hydrogen-bond acceptors (Lipinski definition) is 13. The van der Waals surface area contributed by atoms with Crippen LogP contribution in [0.25, 0.3) is 0 Å². The second kappa shape index (κ2) is 14.0. The number of nitrogens with one attached hydrogen (secondary N) is 2. The van der Waals surface area contributed by atoms with Crippen LogP contribution >= 0.6 is 0 Å². The van der Waals surface area contributed by atoms with Gasteiger partial charge >= 0.3 is 5.97 Å². The van der Waals surface area contributed by atoms with Gasteiger partial charge in [-0.1, -0.05) is 18.2 Å². The van der Waals surface area contributed by atoms with Crippen molar-refractivity contribution in [3.05, 3.63) is 93.5 Å². The van der Waals surface area contributed by atoms with E-state index in [4.69, 9.17) is 14.2 Å². The van der Waals surface area contributed by atoms with Gasteiger partial charge in [0.25, 0.3) is 5.69 Å². The second-order valence-electron chi connectivity index (χ2n) is 9.53. The predicted molar refractivity (Wildman–Crippen MR) is 164 cm³/mol. The maximum atomic E-state index is 12.8. The molecule has 1 aliphatic rings. The molecule has 226 valence electrons. The predicted octanol–water partition coefficient (Wildman–Crippen LogP) is 4.73. The quantitative estimate of drug-likeness (QED) is 0.0802. The van der Waals surface area contributed by atoms with Gasteiger partial charge in [0.05, 0.1) is 36.5 Å². The molecule has 3 aromatic carbocycles. The van der Waals surface area contributed by atoms with Crippen molar-refractivity contribution in [2.75, 3.05) is 48.6 Å². The van der Waals surface area contributed by atoms with Gasteiger partial charge < -0.3 is 24.4 Å². The minimum atomic E-state index is -0.669. The number of esters is 1. The Kier molecular flexibility index (Phi) is 9.51. The average Bonchev–Trinajstić information content (AvgIpc) is 3.03. The number of nitrogens with zero attached hydrogens (tertiary/aromatic N) is 6. The average molecular weight is 599 g/mol. The Labute approximate surface area is 252 Å². The van der Waals surface area contributed by atoms with E-state index in [1.165, 1.54) is 18.2 Å². The maximum Gasteiger partial charge on any atom is 0.343 e. The summed E-state index contributed by atoms with van der Waals surface area (Å²) in [5, 5.41) is 18.6. The third-order valence-electron chi connectivity index (χ3n) is 6.43. The number of aromatic nitrogens is 3. The van der Waals surface area contributed by atoms with E-state index in [1.807, 2.05) is 42.2 Å². The Morgan fingerprint density at radius 2 is 1.82 bits per heavy atom. The first kappa shape index (κ1) is 29.8. The third kappa shape index (κ3) is 7.60. The number of ether oxygens (including phenoxy) is 3. The Morgan fingerprint density at radius 3 is 2.55 bits per heavy atom. The van der Waals surface area contributed by atoms with E-state index < -0.39 is 10.9 Å². The van der Waals surface area contributed by atoms with E-state index in [1.54, 1.807) is 31.3 Å². The number of hydrogen-bond donors (Lipinski definition) is 2. The molecule has 44 heavy (non-hydrogen) atoms. The molecule has 0 amide bonds. The fourth-order valence-corrected chi connectivity index (χ4v) is 4.29. The molecule has 14 nitrogen and oxygen atoms in total. The van der Waals surface area contributed by atoms with E-state index in [0.29, 0.717) is 61.7 Å². The van der Waals surface area contributed by atoms with Gasteiger partial charge in [0.15, 0.2) is 11.5 Å². The first-order valence-corrected chi connectivity index (χ1v) is 13.8. The van der Waals surface area contributed by atoms with Gasteiger partial charge in [0.1, 0.15) is 0 Å². The topological polar surface area (TPSA) is 166 Å². The zero-order valence-electron chi connectivity index (χ0n) is 24.1. The van der Waals surface area contributed by atoms with Crippen LogP contribution in [0.15, 0.2) is 71.8 Å². The molecule has 1 aromatic heterocycles. The number of aryl methyl sites for hydroxylation is 1. The first-order chi connectivity index (χ1) is 21.4. The highest BCUT2D eigenvalue weighted by Gasteiger charge is 2.18. The van der Waals surface area contributed by atoms with Gasteiger partial charge in [-0.2, -0.15) is 20.1 Å². The Bertz CT molecular complexity index is 1660. The fraction of sp³-hybridized carbons (Fsp3) is 0.233. The van der Waals surface area contributed by atoms with Crippen molar-refractivity contribution in [3.8, 4) is 11.5 Å². The molecule has 0 atom stereocenters. The number of para-hydroxylation sites is 1. The van der Waals surface area contributed by atoms with Crippen LogP contribution < -0.4 is 25.1 Å². The zero-order valence-corrected chi connectivity index (χ0v) is 24.1. The number of benzene rings is 3. The molecule has 1 fully saturated rings. The minimum absolute atomic E-state index is 0.0769. The van der Waals surface area contributed by atoms with Gasteiger partial charge in [-0.3, -0.25) is 10.1 Å². The summed E-state index contributed by atoms with van der Waals surface area (Å²) >= 11 is 0. The van der Waals surface area contributed by atoms with Crippen molar-refractivity contribution in [1.82, 2.24) is 15.0 Å². The normalized spacial score (nSPS) is 13.0. The summed E-state index contributed by atoms with van der Waals surface area (Å²) in [6, 6.07) is 18.6. The number of carbonyl (C=O) groups is 1. The van der Waals surface area contributed by atoms with Gasteiger partial charge in [-0.05, 0) is 61.9 Å². The molecule has 5 rings (SSSR count). The zero-order chi connectivity index (χ0) is 30.9. The number of nitro groups is 1. The van der Waals surface area contributed by atoms with E-state index in [9.17, 15) is 14.9 Å². The number of anilines is 4. The van der Waals surface area contributed by atoms with Crippen LogP contribution in [0.1, 0.15) is 28.4 Å². The molecule has 0 radical (unpaired) electrons.